The van der Waals surface area contributed by atoms with Crippen molar-refractivity contribution in [2.24, 2.45) is 5.41 Å². The summed E-state index contributed by atoms with van der Waals surface area (Å²) in [6.45, 7) is 5.45. The molecule has 8 heteroatoms. The third-order valence-electron chi connectivity index (χ3n) is 2.87. The quantitative estimate of drug-likeness (QED) is 0.756. The standard InChI is InChI=1S/C16H21F3N2O2S/c1-15(2,3)14(23)20-9-8-13(22)21-11-6-4-5-7-12(11)24-10-16(17,18)19/h4-7H,8-10H2,1-3H3,(H,20,23)(H,21,22). The lowest BCUT2D eigenvalue weighted by molar-refractivity contribution is -0.128. The van der Waals surface area contributed by atoms with Crippen LogP contribution in [0.2, 0.25) is 0 Å². The average Bonchev–Trinajstić information content (AvgIpc) is 2.44. The summed E-state index contributed by atoms with van der Waals surface area (Å²) < 4.78 is 37.0. The van der Waals surface area contributed by atoms with E-state index in [4.69, 9.17) is 0 Å². The van der Waals surface area contributed by atoms with Gasteiger partial charge in [0.25, 0.3) is 0 Å². The highest BCUT2D eigenvalue weighted by Gasteiger charge is 2.27. The minimum Gasteiger partial charge on any atom is -0.355 e. The summed E-state index contributed by atoms with van der Waals surface area (Å²) in [4.78, 5) is 23.9. The Kier molecular flexibility index (Phi) is 7.13. The van der Waals surface area contributed by atoms with E-state index in [1.165, 1.54) is 6.07 Å². The third kappa shape index (κ3) is 7.72. The van der Waals surface area contributed by atoms with Gasteiger partial charge in [0.2, 0.25) is 11.8 Å². The van der Waals surface area contributed by atoms with Crippen LogP contribution in [0.4, 0.5) is 18.9 Å². The average molecular weight is 362 g/mol. The fourth-order valence-electron chi connectivity index (χ4n) is 1.62. The third-order valence-corrected chi connectivity index (χ3v) is 4.01. The maximum atomic E-state index is 12.3. The lowest BCUT2D eigenvalue weighted by atomic mass is 9.96. The van der Waals surface area contributed by atoms with E-state index in [2.05, 4.69) is 10.6 Å². The Morgan fingerprint density at radius 2 is 1.75 bits per heavy atom. The first-order valence-corrected chi connectivity index (χ1v) is 8.34. The van der Waals surface area contributed by atoms with E-state index < -0.39 is 17.3 Å². The summed E-state index contributed by atoms with van der Waals surface area (Å²) in [5.41, 5.74) is -0.212. The van der Waals surface area contributed by atoms with Crippen molar-refractivity contribution in [1.29, 1.82) is 0 Å². The van der Waals surface area contributed by atoms with Gasteiger partial charge in [-0.2, -0.15) is 13.2 Å². The maximum absolute atomic E-state index is 12.3. The molecule has 0 unspecified atom stereocenters. The zero-order valence-electron chi connectivity index (χ0n) is 13.8. The van der Waals surface area contributed by atoms with Crippen molar-refractivity contribution in [3.63, 3.8) is 0 Å². The van der Waals surface area contributed by atoms with Gasteiger partial charge in [-0.3, -0.25) is 9.59 Å². The highest BCUT2D eigenvalue weighted by Crippen LogP contribution is 2.32. The minimum absolute atomic E-state index is 0.0418. The zero-order chi connectivity index (χ0) is 18.4. The number of rotatable bonds is 6. The molecule has 0 aliphatic rings. The molecule has 1 aromatic carbocycles. The Morgan fingerprint density at radius 3 is 2.33 bits per heavy atom. The molecular weight excluding hydrogens is 341 g/mol. The number of hydrogen-bond donors (Lipinski definition) is 2. The number of thioether (sulfide) groups is 1. The Hall–Kier alpha value is -1.70. The molecule has 134 valence electrons. The second kappa shape index (κ2) is 8.41. The van der Waals surface area contributed by atoms with E-state index in [-0.39, 0.29) is 24.8 Å². The van der Waals surface area contributed by atoms with Gasteiger partial charge in [0.05, 0.1) is 11.4 Å². The van der Waals surface area contributed by atoms with E-state index in [1.807, 2.05) is 0 Å². The fraction of sp³-hybridized carbons (Fsp3) is 0.500. The van der Waals surface area contributed by atoms with Gasteiger partial charge in [-0.1, -0.05) is 32.9 Å². The predicted octanol–water partition coefficient (Wildman–Crippen LogP) is 3.83. The number of amides is 2. The molecule has 0 saturated carbocycles. The van der Waals surface area contributed by atoms with Crippen molar-refractivity contribution in [3.05, 3.63) is 24.3 Å². The SMILES string of the molecule is CC(C)(C)C(=O)NCCC(=O)Nc1ccccc1SCC(F)(F)F. The van der Waals surface area contributed by atoms with Crippen LogP contribution in [0.25, 0.3) is 0 Å². The van der Waals surface area contributed by atoms with E-state index in [1.54, 1.807) is 39.0 Å². The lowest BCUT2D eigenvalue weighted by Gasteiger charge is -2.17. The predicted molar refractivity (Wildman–Crippen MR) is 88.9 cm³/mol. The number of benzene rings is 1. The van der Waals surface area contributed by atoms with Gasteiger partial charge in [-0.05, 0) is 12.1 Å². The Balaban J connectivity index is 2.54. The number of alkyl halides is 3. The number of anilines is 1. The van der Waals surface area contributed by atoms with Crippen molar-refractivity contribution in [3.8, 4) is 0 Å². The summed E-state index contributed by atoms with van der Waals surface area (Å²) in [5, 5.41) is 5.23. The molecule has 24 heavy (non-hydrogen) atoms. The Bertz CT molecular complexity index is 583. The monoisotopic (exact) mass is 362 g/mol. The number of halogens is 3. The summed E-state index contributed by atoms with van der Waals surface area (Å²) in [6, 6.07) is 6.31. The van der Waals surface area contributed by atoms with E-state index >= 15 is 0 Å². The molecule has 0 aromatic heterocycles. The first-order valence-electron chi connectivity index (χ1n) is 7.36. The highest BCUT2D eigenvalue weighted by atomic mass is 32.2. The Labute approximate surface area is 143 Å². The molecule has 0 radical (unpaired) electrons. The van der Waals surface area contributed by atoms with Gasteiger partial charge in [0.1, 0.15) is 0 Å². The van der Waals surface area contributed by atoms with Crippen LogP contribution in [0.15, 0.2) is 29.2 Å². The van der Waals surface area contributed by atoms with Gasteiger partial charge in [-0.15, -0.1) is 11.8 Å². The Morgan fingerprint density at radius 1 is 1.12 bits per heavy atom. The van der Waals surface area contributed by atoms with Gasteiger partial charge in [-0.25, -0.2) is 0 Å². The summed E-state index contributed by atoms with van der Waals surface area (Å²) in [6.07, 6.45) is -4.24. The molecule has 0 bridgehead atoms. The van der Waals surface area contributed by atoms with Crippen LogP contribution < -0.4 is 10.6 Å². The lowest BCUT2D eigenvalue weighted by Crippen LogP contribution is -2.36. The van der Waals surface area contributed by atoms with Gasteiger partial charge in [0.15, 0.2) is 0 Å². The topological polar surface area (TPSA) is 58.2 Å². The van der Waals surface area contributed by atoms with Crippen molar-refractivity contribution >= 4 is 29.3 Å². The molecule has 1 rings (SSSR count). The molecule has 0 atom stereocenters. The van der Waals surface area contributed by atoms with Crippen LogP contribution in [0.3, 0.4) is 0 Å². The van der Waals surface area contributed by atoms with Crippen molar-refractivity contribution in [2.75, 3.05) is 17.6 Å². The maximum Gasteiger partial charge on any atom is 0.398 e. The summed E-state index contributed by atoms with van der Waals surface area (Å²) in [7, 11) is 0. The van der Waals surface area contributed by atoms with E-state index in [0.717, 1.165) is 0 Å². The van der Waals surface area contributed by atoms with Crippen LogP contribution >= 0.6 is 11.8 Å². The van der Waals surface area contributed by atoms with Crippen LogP contribution in [0.1, 0.15) is 27.2 Å². The van der Waals surface area contributed by atoms with Crippen LogP contribution in [-0.2, 0) is 9.59 Å². The molecule has 0 spiro atoms. The van der Waals surface area contributed by atoms with E-state index in [0.29, 0.717) is 22.3 Å². The molecule has 2 amide bonds. The van der Waals surface area contributed by atoms with Gasteiger partial charge >= 0.3 is 6.18 Å². The first kappa shape index (κ1) is 20.3. The summed E-state index contributed by atoms with van der Waals surface area (Å²) >= 11 is 0.619. The van der Waals surface area contributed by atoms with E-state index in [9.17, 15) is 22.8 Å². The molecule has 0 fully saturated rings. The van der Waals surface area contributed by atoms with Gasteiger partial charge < -0.3 is 10.6 Å². The number of nitrogens with one attached hydrogen (secondary N) is 2. The fourth-order valence-corrected chi connectivity index (χ4v) is 2.39. The zero-order valence-corrected chi connectivity index (χ0v) is 14.6. The smallest absolute Gasteiger partial charge is 0.355 e. The molecule has 1 aromatic rings. The van der Waals surface area contributed by atoms with Crippen molar-refractivity contribution in [2.45, 2.75) is 38.3 Å². The first-order chi connectivity index (χ1) is 11.0. The second-order valence-electron chi connectivity index (χ2n) is 6.20. The van der Waals surface area contributed by atoms with Crippen LogP contribution in [0, 0.1) is 5.41 Å². The molecule has 4 nitrogen and oxygen atoms in total. The largest absolute Gasteiger partial charge is 0.398 e. The molecule has 2 N–H and O–H groups in total. The highest BCUT2D eigenvalue weighted by molar-refractivity contribution is 7.99. The number of hydrogen-bond acceptors (Lipinski definition) is 3. The molecule has 0 heterocycles. The molecule has 0 aliphatic carbocycles. The normalized spacial score (nSPS) is 11.9. The van der Waals surface area contributed by atoms with Crippen LogP contribution in [0.5, 0.6) is 0 Å². The van der Waals surface area contributed by atoms with Crippen LogP contribution in [-0.4, -0.2) is 30.3 Å². The number of para-hydroxylation sites is 1. The van der Waals surface area contributed by atoms with Crippen molar-refractivity contribution in [1.82, 2.24) is 5.32 Å². The van der Waals surface area contributed by atoms with Crippen molar-refractivity contribution < 1.29 is 22.8 Å². The molecule has 0 saturated heterocycles. The summed E-state index contributed by atoms with van der Waals surface area (Å²) in [5.74, 6) is -1.57. The van der Waals surface area contributed by atoms with Gasteiger partial charge in [0, 0.05) is 23.3 Å². The second-order valence-corrected chi connectivity index (χ2v) is 7.22. The minimum atomic E-state index is -4.28. The molecular formula is C16H21F3N2O2S. The number of carbonyl (C=O) groups excluding carboxylic acids is 2. The number of carbonyl (C=O) groups is 2. The molecule has 0 aliphatic heterocycles.